The van der Waals surface area contributed by atoms with E-state index in [1.54, 1.807) is 0 Å². The molecule has 116 valence electrons. The molecule has 0 N–H and O–H groups in total. The van der Waals surface area contributed by atoms with Crippen LogP contribution >= 0.6 is 0 Å². The zero-order valence-electron chi connectivity index (χ0n) is 11.9. The van der Waals surface area contributed by atoms with Crippen LogP contribution in [0.1, 0.15) is 18.4 Å². The topological polar surface area (TPSA) is 99.0 Å². The monoisotopic (exact) mass is 306 g/mol. The summed E-state index contributed by atoms with van der Waals surface area (Å²) in [6.45, 7) is 0.310. The molecule has 2 fully saturated rings. The van der Waals surface area contributed by atoms with Gasteiger partial charge in [-0.2, -0.15) is 0 Å². The Morgan fingerprint density at radius 1 is 1.45 bits per heavy atom. The summed E-state index contributed by atoms with van der Waals surface area (Å²) in [5, 5.41) is 10.8. The summed E-state index contributed by atoms with van der Waals surface area (Å²) in [5.74, 6) is -0.571. The van der Waals surface area contributed by atoms with E-state index >= 15 is 0 Å². The van der Waals surface area contributed by atoms with E-state index < -0.39 is 22.5 Å². The van der Waals surface area contributed by atoms with Gasteiger partial charge in [-0.1, -0.05) is 0 Å². The standard InChI is InChI=1S/C14H14N2O6/c1-21-12(17)14(7-6-11-8-15(14)13(18)22-11)9-2-4-10(5-3-9)16(19)20/h2-5,11H,6-8H2,1H3/t11-,14?/m0/s1. The van der Waals surface area contributed by atoms with Crippen molar-refractivity contribution in [3.8, 4) is 0 Å². The number of nitro benzene ring substituents is 1. The van der Waals surface area contributed by atoms with E-state index in [2.05, 4.69) is 0 Å². The van der Waals surface area contributed by atoms with E-state index in [4.69, 9.17) is 9.47 Å². The molecule has 8 nitrogen and oxygen atoms in total. The molecular formula is C14H14N2O6. The number of ether oxygens (including phenoxy) is 2. The number of carbonyl (C=O) groups excluding carboxylic acids is 2. The molecule has 0 saturated carbocycles. The van der Waals surface area contributed by atoms with Gasteiger partial charge in [-0.15, -0.1) is 0 Å². The molecule has 2 atom stereocenters. The summed E-state index contributed by atoms with van der Waals surface area (Å²) in [4.78, 5) is 36.1. The number of hydrogen-bond acceptors (Lipinski definition) is 6. The minimum atomic E-state index is -1.28. The first-order valence-electron chi connectivity index (χ1n) is 6.80. The molecule has 8 heteroatoms. The van der Waals surface area contributed by atoms with Crippen LogP contribution in [0.15, 0.2) is 24.3 Å². The predicted octanol–water partition coefficient (Wildman–Crippen LogP) is 1.58. The minimum Gasteiger partial charge on any atom is -0.467 e. The van der Waals surface area contributed by atoms with Crippen molar-refractivity contribution in [3.05, 3.63) is 39.9 Å². The lowest BCUT2D eigenvalue weighted by Crippen LogP contribution is -2.55. The first-order chi connectivity index (χ1) is 10.5. The third-order valence-electron chi connectivity index (χ3n) is 4.24. The number of esters is 1. The van der Waals surface area contributed by atoms with Gasteiger partial charge in [0.05, 0.1) is 18.6 Å². The second-order valence-corrected chi connectivity index (χ2v) is 5.31. The highest BCUT2D eigenvalue weighted by Crippen LogP contribution is 2.43. The largest absolute Gasteiger partial charge is 0.467 e. The molecule has 1 unspecified atom stereocenters. The van der Waals surface area contributed by atoms with E-state index in [0.717, 1.165) is 0 Å². The van der Waals surface area contributed by atoms with Gasteiger partial charge < -0.3 is 9.47 Å². The highest BCUT2D eigenvalue weighted by molar-refractivity contribution is 5.88. The molecule has 1 amide bonds. The highest BCUT2D eigenvalue weighted by Gasteiger charge is 2.57. The second-order valence-electron chi connectivity index (χ2n) is 5.31. The van der Waals surface area contributed by atoms with Crippen LogP contribution in [-0.2, 0) is 19.8 Å². The van der Waals surface area contributed by atoms with E-state index in [1.165, 1.54) is 36.3 Å². The number of nitrogens with zero attached hydrogens (tertiary/aromatic N) is 2. The van der Waals surface area contributed by atoms with Gasteiger partial charge in [-0.05, 0) is 30.5 Å². The van der Waals surface area contributed by atoms with Gasteiger partial charge in [0.15, 0.2) is 5.54 Å². The first kappa shape index (κ1) is 14.3. The van der Waals surface area contributed by atoms with Gasteiger partial charge in [0.2, 0.25) is 0 Å². The Morgan fingerprint density at radius 3 is 2.73 bits per heavy atom. The van der Waals surface area contributed by atoms with Crippen LogP contribution in [-0.4, -0.2) is 41.6 Å². The quantitative estimate of drug-likeness (QED) is 0.477. The van der Waals surface area contributed by atoms with E-state index in [-0.39, 0.29) is 11.8 Å². The Morgan fingerprint density at radius 2 is 2.14 bits per heavy atom. The molecular weight excluding hydrogens is 292 g/mol. The van der Waals surface area contributed by atoms with Gasteiger partial charge >= 0.3 is 12.1 Å². The molecule has 0 aromatic heterocycles. The molecule has 1 aromatic rings. The number of nitro groups is 1. The van der Waals surface area contributed by atoms with E-state index in [1.807, 2.05) is 0 Å². The molecule has 2 bridgehead atoms. The number of rotatable bonds is 3. The van der Waals surface area contributed by atoms with Crippen LogP contribution in [0, 0.1) is 10.1 Å². The number of methoxy groups -OCH3 is 1. The Bertz CT molecular complexity index is 643. The molecule has 2 heterocycles. The SMILES string of the molecule is COC(=O)C1(c2ccc([N+](=O)[O-])cc2)CC[C@H]2CN1C(=O)O2. The average Bonchev–Trinajstić information content (AvgIpc) is 2.84. The summed E-state index contributed by atoms with van der Waals surface area (Å²) in [7, 11) is 1.25. The van der Waals surface area contributed by atoms with E-state index in [0.29, 0.717) is 24.9 Å². The van der Waals surface area contributed by atoms with Crippen molar-refractivity contribution in [2.24, 2.45) is 0 Å². The molecule has 0 radical (unpaired) electrons. The number of carbonyl (C=O) groups is 2. The van der Waals surface area contributed by atoms with Gasteiger partial charge in [0, 0.05) is 12.1 Å². The van der Waals surface area contributed by atoms with Crippen molar-refractivity contribution >= 4 is 17.7 Å². The molecule has 2 saturated heterocycles. The van der Waals surface area contributed by atoms with Crippen LogP contribution in [0.25, 0.3) is 0 Å². The maximum Gasteiger partial charge on any atom is 0.411 e. The summed E-state index contributed by atoms with van der Waals surface area (Å²) >= 11 is 0. The zero-order chi connectivity index (χ0) is 15.9. The van der Waals surface area contributed by atoms with Crippen molar-refractivity contribution in [3.63, 3.8) is 0 Å². The fraction of sp³-hybridized carbons (Fsp3) is 0.429. The first-order valence-corrected chi connectivity index (χ1v) is 6.80. The van der Waals surface area contributed by atoms with Crippen LogP contribution in [0.2, 0.25) is 0 Å². The van der Waals surface area contributed by atoms with Crippen LogP contribution in [0.3, 0.4) is 0 Å². The average molecular weight is 306 g/mol. The lowest BCUT2D eigenvalue weighted by atomic mass is 9.80. The Labute approximate surface area is 125 Å². The number of piperidine rings is 1. The number of hydrogen-bond donors (Lipinski definition) is 0. The van der Waals surface area contributed by atoms with Crippen LogP contribution < -0.4 is 0 Å². The Hall–Kier alpha value is -2.64. The third-order valence-corrected chi connectivity index (χ3v) is 4.24. The van der Waals surface area contributed by atoms with Crippen LogP contribution in [0.5, 0.6) is 0 Å². The molecule has 22 heavy (non-hydrogen) atoms. The van der Waals surface area contributed by atoms with Crippen molar-refractivity contribution < 1.29 is 24.0 Å². The van der Waals surface area contributed by atoms with Gasteiger partial charge in [-0.25, -0.2) is 9.59 Å². The smallest absolute Gasteiger partial charge is 0.411 e. The fourth-order valence-electron chi connectivity index (χ4n) is 3.15. The van der Waals surface area contributed by atoms with Crippen molar-refractivity contribution in [1.82, 2.24) is 4.90 Å². The van der Waals surface area contributed by atoms with E-state index in [9.17, 15) is 19.7 Å². The second kappa shape index (κ2) is 4.97. The normalized spacial score (nSPS) is 26.5. The van der Waals surface area contributed by atoms with Gasteiger partial charge in [-0.3, -0.25) is 15.0 Å². The lowest BCUT2D eigenvalue weighted by molar-refractivity contribution is -0.384. The summed E-state index contributed by atoms with van der Waals surface area (Å²) in [6, 6.07) is 5.60. The predicted molar refractivity (Wildman–Crippen MR) is 73.0 cm³/mol. The Kier molecular flexibility index (Phi) is 3.23. The minimum absolute atomic E-state index is 0.0820. The van der Waals surface area contributed by atoms with Crippen LogP contribution in [0.4, 0.5) is 10.5 Å². The summed E-state index contributed by atoms with van der Waals surface area (Å²) < 4.78 is 10.1. The molecule has 1 aromatic carbocycles. The summed E-state index contributed by atoms with van der Waals surface area (Å²) in [5.41, 5.74) is -0.878. The fourth-order valence-corrected chi connectivity index (χ4v) is 3.15. The summed E-state index contributed by atoms with van der Waals surface area (Å²) in [6.07, 6.45) is 0.108. The zero-order valence-corrected chi connectivity index (χ0v) is 11.9. The molecule has 3 rings (SSSR count). The van der Waals surface area contributed by atoms with Gasteiger partial charge in [0.25, 0.3) is 5.69 Å². The Balaban J connectivity index is 2.08. The molecule has 0 spiro atoms. The highest BCUT2D eigenvalue weighted by atomic mass is 16.6. The third kappa shape index (κ3) is 1.91. The number of non-ortho nitro benzene ring substituents is 1. The van der Waals surface area contributed by atoms with Crippen molar-refractivity contribution in [2.75, 3.05) is 13.7 Å². The maximum atomic E-state index is 12.4. The van der Waals surface area contributed by atoms with Gasteiger partial charge in [0.1, 0.15) is 6.10 Å². The number of benzene rings is 1. The van der Waals surface area contributed by atoms with Crippen molar-refractivity contribution in [1.29, 1.82) is 0 Å². The number of fused-ring (bicyclic) bond motifs is 2. The molecule has 0 aliphatic carbocycles. The molecule has 2 aliphatic rings. The molecule has 2 aliphatic heterocycles. The van der Waals surface area contributed by atoms with Crippen molar-refractivity contribution in [2.45, 2.75) is 24.5 Å². The lowest BCUT2D eigenvalue weighted by Gasteiger charge is -2.40. The maximum absolute atomic E-state index is 12.4. The number of amides is 1.